The lowest BCUT2D eigenvalue weighted by atomic mass is 10.0. The first kappa shape index (κ1) is 10.5. The minimum absolute atomic E-state index is 0.258. The van der Waals surface area contributed by atoms with Gasteiger partial charge in [0.05, 0.1) is 0 Å². The van der Waals surface area contributed by atoms with Crippen molar-refractivity contribution in [2.45, 2.75) is 13.3 Å². The molecule has 0 saturated heterocycles. The first-order chi connectivity index (χ1) is 5.09. The van der Waals surface area contributed by atoms with E-state index < -0.39 is 11.9 Å². The number of carbonyl (C=O) groups excluding carboxylic acids is 1. The van der Waals surface area contributed by atoms with Crippen molar-refractivity contribution in [1.82, 2.24) is 0 Å². The van der Waals surface area contributed by atoms with Crippen molar-refractivity contribution in [3.8, 4) is 0 Å². The molecule has 0 saturated carbocycles. The predicted molar refractivity (Wildman–Crippen MR) is 44.8 cm³/mol. The van der Waals surface area contributed by atoms with Crippen LogP contribution in [0.3, 0.4) is 0 Å². The lowest BCUT2D eigenvalue weighted by Gasteiger charge is -2.05. The third-order valence-corrected chi connectivity index (χ3v) is 2.04. The van der Waals surface area contributed by atoms with Gasteiger partial charge in [-0.25, -0.2) is 0 Å². The Balaban J connectivity index is 3.90. The van der Waals surface area contributed by atoms with Crippen LogP contribution in [0.15, 0.2) is 0 Å². The van der Waals surface area contributed by atoms with Crippen LogP contribution >= 0.6 is 11.8 Å². The van der Waals surface area contributed by atoms with Crippen LogP contribution in [-0.4, -0.2) is 28.9 Å². The summed E-state index contributed by atoms with van der Waals surface area (Å²) in [7, 11) is 0. The van der Waals surface area contributed by atoms with Crippen LogP contribution in [-0.2, 0) is 9.59 Å². The van der Waals surface area contributed by atoms with Gasteiger partial charge in [0.15, 0.2) is 0 Å². The summed E-state index contributed by atoms with van der Waals surface area (Å²) < 4.78 is 0. The topological polar surface area (TPSA) is 54.4 Å². The monoisotopic (exact) mass is 176 g/mol. The number of aliphatic carboxylic acids is 1. The first-order valence-electron chi connectivity index (χ1n) is 3.31. The van der Waals surface area contributed by atoms with Crippen LogP contribution in [0.1, 0.15) is 13.3 Å². The van der Waals surface area contributed by atoms with Crippen LogP contribution in [0.2, 0.25) is 0 Å². The van der Waals surface area contributed by atoms with Crippen LogP contribution in [0, 0.1) is 5.92 Å². The van der Waals surface area contributed by atoms with Gasteiger partial charge in [-0.15, -0.1) is 0 Å². The van der Waals surface area contributed by atoms with Gasteiger partial charge < -0.3 is 5.11 Å². The Kier molecular flexibility index (Phi) is 4.94. The van der Waals surface area contributed by atoms with Gasteiger partial charge in [0.1, 0.15) is 11.7 Å². The second-order valence-corrected chi connectivity index (χ2v) is 3.27. The maximum atomic E-state index is 10.7. The molecule has 64 valence electrons. The van der Waals surface area contributed by atoms with Gasteiger partial charge in [0, 0.05) is 0 Å². The zero-order valence-electron chi connectivity index (χ0n) is 6.66. The van der Waals surface area contributed by atoms with Gasteiger partial charge >= 0.3 is 5.97 Å². The molecule has 4 heteroatoms. The lowest BCUT2D eigenvalue weighted by Crippen LogP contribution is -2.21. The Hall–Kier alpha value is -0.510. The van der Waals surface area contributed by atoms with Gasteiger partial charge in [-0.2, -0.15) is 11.8 Å². The highest BCUT2D eigenvalue weighted by molar-refractivity contribution is 7.98. The molecule has 0 aliphatic carbocycles. The highest BCUT2D eigenvalue weighted by Crippen LogP contribution is 2.08. The number of carboxylic acid groups (broad SMARTS) is 1. The van der Waals surface area contributed by atoms with E-state index in [-0.39, 0.29) is 5.78 Å². The van der Waals surface area contributed by atoms with E-state index in [1.165, 1.54) is 6.92 Å². The zero-order valence-corrected chi connectivity index (χ0v) is 7.48. The summed E-state index contributed by atoms with van der Waals surface area (Å²) in [6.07, 6.45) is 2.32. The SMILES string of the molecule is CSCCC(C(C)=O)C(=O)O. The fraction of sp³-hybridized carbons (Fsp3) is 0.714. The third kappa shape index (κ3) is 4.03. The lowest BCUT2D eigenvalue weighted by molar-refractivity contribution is -0.145. The Morgan fingerprint density at radius 1 is 1.55 bits per heavy atom. The van der Waals surface area contributed by atoms with Gasteiger partial charge in [-0.3, -0.25) is 9.59 Å². The smallest absolute Gasteiger partial charge is 0.314 e. The maximum absolute atomic E-state index is 10.7. The molecule has 0 spiro atoms. The highest BCUT2D eigenvalue weighted by atomic mass is 32.2. The number of Topliss-reactive ketones (excluding diaryl/α,β-unsaturated/α-hetero) is 1. The van der Waals surface area contributed by atoms with E-state index in [1.54, 1.807) is 11.8 Å². The Morgan fingerprint density at radius 2 is 2.09 bits per heavy atom. The molecular weight excluding hydrogens is 164 g/mol. The van der Waals surface area contributed by atoms with Crippen molar-refractivity contribution < 1.29 is 14.7 Å². The van der Waals surface area contributed by atoms with Gasteiger partial charge in [0.2, 0.25) is 0 Å². The first-order valence-corrected chi connectivity index (χ1v) is 4.71. The maximum Gasteiger partial charge on any atom is 0.314 e. The third-order valence-electron chi connectivity index (χ3n) is 1.40. The quantitative estimate of drug-likeness (QED) is 0.636. The van der Waals surface area contributed by atoms with Crippen LogP contribution < -0.4 is 0 Å². The van der Waals surface area contributed by atoms with E-state index in [4.69, 9.17) is 5.11 Å². The number of rotatable bonds is 5. The molecular formula is C7H12O3S. The average molecular weight is 176 g/mol. The molecule has 0 aromatic heterocycles. The molecule has 0 radical (unpaired) electrons. The Labute approximate surface area is 70.2 Å². The molecule has 0 aliphatic rings. The molecule has 11 heavy (non-hydrogen) atoms. The van der Waals surface area contributed by atoms with Crippen molar-refractivity contribution in [2.75, 3.05) is 12.0 Å². The van der Waals surface area contributed by atoms with Crippen LogP contribution in [0.4, 0.5) is 0 Å². The molecule has 0 aromatic carbocycles. The molecule has 1 unspecified atom stereocenters. The Morgan fingerprint density at radius 3 is 2.36 bits per heavy atom. The molecule has 0 heterocycles. The van der Waals surface area contributed by atoms with Crippen molar-refractivity contribution in [2.24, 2.45) is 5.92 Å². The molecule has 0 amide bonds. The molecule has 3 nitrogen and oxygen atoms in total. The van der Waals surface area contributed by atoms with E-state index in [2.05, 4.69) is 0 Å². The van der Waals surface area contributed by atoms with E-state index >= 15 is 0 Å². The molecule has 0 fully saturated rings. The molecule has 0 rings (SSSR count). The van der Waals surface area contributed by atoms with E-state index in [0.29, 0.717) is 6.42 Å². The Bertz CT molecular complexity index is 142. The summed E-state index contributed by atoms with van der Waals surface area (Å²) in [5.41, 5.74) is 0. The van der Waals surface area contributed by atoms with Crippen molar-refractivity contribution in [3.63, 3.8) is 0 Å². The second-order valence-electron chi connectivity index (χ2n) is 2.28. The summed E-state index contributed by atoms with van der Waals surface area (Å²) in [4.78, 5) is 21.1. The normalized spacial score (nSPS) is 12.5. The largest absolute Gasteiger partial charge is 0.481 e. The molecule has 1 N–H and O–H groups in total. The van der Waals surface area contributed by atoms with Gasteiger partial charge in [-0.05, 0) is 25.4 Å². The molecule has 0 aromatic rings. The van der Waals surface area contributed by atoms with Crippen molar-refractivity contribution in [3.05, 3.63) is 0 Å². The molecule has 1 atom stereocenters. The summed E-state index contributed by atoms with van der Waals surface area (Å²) >= 11 is 1.55. The average Bonchev–Trinajstić information content (AvgIpc) is 1.87. The van der Waals surface area contributed by atoms with E-state index in [0.717, 1.165) is 5.75 Å². The van der Waals surface area contributed by atoms with Gasteiger partial charge in [0.25, 0.3) is 0 Å². The number of hydrogen-bond donors (Lipinski definition) is 1. The highest BCUT2D eigenvalue weighted by Gasteiger charge is 2.21. The summed E-state index contributed by atoms with van der Waals surface area (Å²) in [6.45, 7) is 1.32. The second kappa shape index (κ2) is 5.18. The van der Waals surface area contributed by atoms with Crippen molar-refractivity contribution >= 4 is 23.5 Å². The predicted octanol–water partition coefficient (Wildman–Crippen LogP) is 1.03. The summed E-state index contributed by atoms with van der Waals surface area (Å²) in [6, 6.07) is 0. The van der Waals surface area contributed by atoms with Crippen LogP contribution in [0.5, 0.6) is 0 Å². The van der Waals surface area contributed by atoms with Gasteiger partial charge in [-0.1, -0.05) is 0 Å². The number of thioether (sulfide) groups is 1. The molecule has 0 bridgehead atoms. The minimum Gasteiger partial charge on any atom is -0.481 e. The van der Waals surface area contributed by atoms with E-state index in [9.17, 15) is 9.59 Å². The zero-order chi connectivity index (χ0) is 8.85. The number of hydrogen-bond acceptors (Lipinski definition) is 3. The fourth-order valence-corrected chi connectivity index (χ4v) is 1.21. The number of carbonyl (C=O) groups is 2. The van der Waals surface area contributed by atoms with Crippen LogP contribution in [0.25, 0.3) is 0 Å². The number of ketones is 1. The standard InChI is InChI=1S/C7H12O3S/c1-5(8)6(7(9)10)3-4-11-2/h6H,3-4H2,1-2H3,(H,9,10). The summed E-state index contributed by atoms with van der Waals surface area (Å²) in [5.74, 6) is -1.35. The fourth-order valence-electron chi connectivity index (χ4n) is 0.736. The molecule has 0 aliphatic heterocycles. The van der Waals surface area contributed by atoms with E-state index in [1.807, 2.05) is 6.26 Å². The minimum atomic E-state index is -1.01. The van der Waals surface area contributed by atoms with Crippen molar-refractivity contribution in [1.29, 1.82) is 0 Å². The summed E-state index contributed by atoms with van der Waals surface area (Å²) in [5, 5.41) is 8.54. The number of carboxylic acids is 1.